The first-order chi connectivity index (χ1) is 6.74. The van der Waals surface area contributed by atoms with E-state index in [1.807, 2.05) is 0 Å². The van der Waals surface area contributed by atoms with E-state index in [0.29, 0.717) is 16.2 Å². The van der Waals surface area contributed by atoms with E-state index in [4.69, 9.17) is 0 Å². The molecule has 5 heteroatoms. The molecule has 3 nitrogen and oxygen atoms in total. The van der Waals surface area contributed by atoms with Crippen molar-refractivity contribution < 1.29 is 4.79 Å². The van der Waals surface area contributed by atoms with Gasteiger partial charge in [0.25, 0.3) is 5.91 Å². The molecule has 0 aliphatic heterocycles. The summed E-state index contributed by atoms with van der Waals surface area (Å²) >= 11 is 4.88. The molecule has 1 atom stereocenters. The minimum atomic E-state index is -0.0247. The normalized spacial score (nSPS) is 12.4. The number of halogens is 1. The number of amides is 1. The van der Waals surface area contributed by atoms with E-state index in [1.165, 1.54) is 11.3 Å². The summed E-state index contributed by atoms with van der Waals surface area (Å²) in [6, 6.07) is 0. The smallest absolute Gasteiger partial charge is 0.262 e. The Bertz CT molecular complexity index is 276. The fourth-order valence-electron chi connectivity index (χ4n) is 0.961. The topological polar surface area (TPSA) is 42.0 Å². The summed E-state index contributed by atoms with van der Waals surface area (Å²) in [7, 11) is 0. The summed E-state index contributed by atoms with van der Waals surface area (Å²) in [4.78, 5) is 16.4. The lowest BCUT2D eigenvalue weighted by Gasteiger charge is -2.06. The predicted molar refractivity (Wildman–Crippen MR) is 62.1 cm³/mol. The average molecular weight is 277 g/mol. The Morgan fingerprint density at radius 3 is 3.14 bits per heavy atom. The van der Waals surface area contributed by atoms with Crippen LogP contribution >= 0.6 is 27.3 Å². The molecule has 1 rings (SSSR count). The van der Waals surface area contributed by atoms with Gasteiger partial charge in [-0.2, -0.15) is 0 Å². The van der Waals surface area contributed by atoms with Crippen molar-refractivity contribution in [2.45, 2.75) is 24.6 Å². The van der Waals surface area contributed by atoms with Crippen molar-refractivity contribution in [1.29, 1.82) is 0 Å². The Balaban J connectivity index is 2.23. The Labute approximate surface area is 96.1 Å². The van der Waals surface area contributed by atoms with E-state index >= 15 is 0 Å². The van der Waals surface area contributed by atoms with Gasteiger partial charge in [0.05, 0.1) is 11.7 Å². The van der Waals surface area contributed by atoms with Crippen molar-refractivity contribution in [2.75, 3.05) is 6.54 Å². The van der Waals surface area contributed by atoms with Gasteiger partial charge >= 0.3 is 0 Å². The van der Waals surface area contributed by atoms with E-state index < -0.39 is 0 Å². The number of nitrogens with one attached hydrogen (secondary N) is 1. The highest BCUT2D eigenvalue weighted by Gasteiger charge is 2.07. The third-order valence-corrected chi connectivity index (χ3v) is 3.72. The molecule has 0 aromatic carbocycles. The highest BCUT2D eigenvalue weighted by atomic mass is 79.9. The van der Waals surface area contributed by atoms with Gasteiger partial charge in [-0.05, 0) is 12.8 Å². The standard InChI is InChI=1S/C9H13BrN2OS/c1-2-7(10)3-4-12-9(13)8-5-11-6-14-8/h5-7H,2-4H2,1H3,(H,12,13). The van der Waals surface area contributed by atoms with Gasteiger partial charge < -0.3 is 5.32 Å². The number of hydrogen-bond donors (Lipinski definition) is 1. The van der Waals surface area contributed by atoms with Crippen molar-refractivity contribution in [3.63, 3.8) is 0 Å². The molecule has 78 valence electrons. The number of nitrogens with zero attached hydrogens (tertiary/aromatic N) is 1. The first-order valence-electron chi connectivity index (χ1n) is 4.54. The van der Waals surface area contributed by atoms with Gasteiger partial charge in [-0.1, -0.05) is 22.9 Å². The number of aromatic nitrogens is 1. The molecule has 14 heavy (non-hydrogen) atoms. The largest absolute Gasteiger partial charge is 0.351 e. The summed E-state index contributed by atoms with van der Waals surface area (Å²) in [6.45, 7) is 2.82. The molecule has 0 saturated heterocycles. The third-order valence-electron chi connectivity index (χ3n) is 1.84. The fraction of sp³-hybridized carbons (Fsp3) is 0.556. The van der Waals surface area contributed by atoms with Crippen molar-refractivity contribution in [3.05, 3.63) is 16.6 Å². The van der Waals surface area contributed by atoms with Crippen molar-refractivity contribution in [2.24, 2.45) is 0 Å². The Morgan fingerprint density at radius 2 is 2.57 bits per heavy atom. The number of carbonyl (C=O) groups excluding carboxylic acids is 1. The zero-order chi connectivity index (χ0) is 10.4. The molecule has 0 radical (unpaired) electrons. The molecule has 0 aliphatic rings. The van der Waals surface area contributed by atoms with E-state index in [-0.39, 0.29) is 5.91 Å². The van der Waals surface area contributed by atoms with Crippen LogP contribution in [0.15, 0.2) is 11.7 Å². The van der Waals surface area contributed by atoms with E-state index in [0.717, 1.165) is 12.8 Å². The van der Waals surface area contributed by atoms with E-state index in [1.54, 1.807) is 11.7 Å². The second-order valence-corrected chi connectivity index (χ2v) is 5.10. The number of hydrogen-bond acceptors (Lipinski definition) is 3. The molecule has 0 aliphatic carbocycles. The van der Waals surface area contributed by atoms with Crippen LogP contribution < -0.4 is 5.32 Å². The third kappa shape index (κ3) is 3.75. The molecule has 1 amide bonds. The van der Waals surface area contributed by atoms with Crippen LogP contribution in [0.1, 0.15) is 29.4 Å². The molecule has 1 unspecified atom stereocenters. The van der Waals surface area contributed by atoms with Crippen LogP contribution in [0.3, 0.4) is 0 Å². The maximum Gasteiger partial charge on any atom is 0.262 e. The van der Waals surface area contributed by atoms with Gasteiger partial charge in [0.2, 0.25) is 0 Å². The van der Waals surface area contributed by atoms with Gasteiger partial charge in [0.1, 0.15) is 4.88 Å². The lowest BCUT2D eigenvalue weighted by Crippen LogP contribution is -2.25. The zero-order valence-electron chi connectivity index (χ0n) is 8.00. The van der Waals surface area contributed by atoms with Gasteiger partial charge in [0.15, 0.2) is 0 Å². The van der Waals surface area contributed by atoms with Crippen molar-refractivity contribution in [1.82, 2.24) is 10.3 Å². The van der Waals surface area contributed by atoms with Crippen LogP contribution in [0.4, 0.5) is 0 Å². The lowest BCUT2D eigenvalue weighted by molar-refractivity contribution is 0.0957. The minimum absolute atomic E-state index is 0.0247. The molecule has 0 saturated carbocycles. The van der Waals surface area contributed by atoms with Gasteiger partial charge in [-0.3, -0.25) is 9.78 Å². The molecular weight excluding hydrogens is 264 g/mol. The van der Waals surface area contributed by atoms with Crippen LogP contribution in [0.25, 0.3) is 0 Å². The first-order valence-corrected chi connectivity index (χ1v) is 6.34. The van der Waals surface area contributed by atoms with E-state index in [9.17, 15) is 4.79 Å². The summed E-state index contributed by atoms with van der Waals surface area (Å²) in [5, 5.41) is 2.85. The maximum atomic E-state index is 11.4. The molecule has 0 spiro atoms. The maximum absolute atomic E-state index is 11.4. The Kier molecular flexibility index (Phi) is 5.11. The number of carbonyl (C=O) groups is 1. The molecule has 0 fully saturated rings. The van der Waals surface area contributed by atoms with Gasteiger partial charge in [0, 0.05) is 11.4 Å². The summed E-state index contributed by atoms with van der Waals surface area (Å²) in [6.07, 6.45) is 3.63. The molecule has 1 aromatic rings. The molecular formula is C9H13BrN2OS. The summed E-state index contributed by atoms with van der Waals surface area (Å²) in [5.41, 5.74) is 1.66. The molecule has 1 heterocycles. The average Bonchev–Trinajstić information content (AvgIpc) is 2.70. The Hall–Kier alpha value is -0.420. The fourth-order valence-corrected chi connectivity index (χ4v) is 1.73. The SMILES string of the molecule is CCC(Br)CCNC(=O)c1cncs1. The second-order valence-electron chi connectivity index (χ2n) is 2.92. The Morgan fingerprint density at radius 1 is 1.79 bits per heavy atom. The predicted octanol–water partition coefficient (Wildman–Crippen LogP) is 2.44. The number of rotatable bonds is 5. The van der Waals surface area contributed by atoms with Gasteiger partial charge in [-0.15, -0.1) is 11.3 Å². The highest BCUT2D eigenvalue weighted by Crippen LogP contribution is 2.08. The lowest BCUT2D eigenvalue weighted by atomic mass is 10.2. The summed E-state index contributed by atoms with van der Waals surface area (Å²) < 4.78 is 0. The van der Waals surface area contributed by atoms with Crippen LogP contribution in [0.5, 0.6) is 0 Å². The zero-order valence-corrected chi connectivity index (χ0v) is 10.4. The molecule has 0 bridgehead atoms. The van der Waals surface area contributed by atoms with Crippen molar-refractivity contribution in [3.8, 4) is 0 Å². The summed E-state index contributed by atoms with van der Waals surface area (Å²) in [5.74, 6) is -0.0247. The minimum Gasteiger partial charge on any atom is -0.351 e. The highest BCUT2D eigenvalue weighted by molar-refractivity contribution is 9.09. The monoisotopic (exact) mass is 276 g/mol. The van der Waals surface area contributed by atoms with Crippen LogP contribution in [-0.2, 0) is 0 Å². The van der Waals surface area contributed by atoms with Crippen molar-refractivity contribution >= 4 is 33.2 Å². The van der Waals surface area contributed by atoms with Crippen LogP contribution in [0.2, 0.25) is 0 Å². The van der Waals surface area contributed by atoms with Gasteiger partial charge in [-0.25, -0.2) is 0 Å². The second kappa shape index (κ2) is 6.14. The molecule has 1 aromatic heterocycles. The van der Waals surface area contributed by atoms with E-state index in [2.05, 4.69) is 33.2 Å². The first kappa shape index (κ1) is 11.7. The van der Waals surface area contributed by atoms with Crippen LogP contribution in [-0.4, -0.2) is 22.3 Å². The molecule has 1 N–H and O–H groups in total. The number of thiazole rings is 1. The number of alkyl halides is 1. The van der Waals surface area contributed by atoms with Crippen LogP contribution in [0, 0.1) is 0 Å². The quantitative estimate of drug-likeness (QED) is 0.840.